The number of nitrogens with zero attached hydrogens (tertiary/aromatic N) is 1. The molecule has 4 nitrogen and oxygen atoms in total. The van der Waals surface area contributed by atoms with Gasteiger partial charge in [0.05, 0.1) is 0 Å². The van der Waals surface area contributed by atoms with Crippen molar-refractivity contribution in [1.82, 2.24) is 4.90 Å². The molecule has 0 aromatic heterocycles. The number of ether oxygens (including phenoxy) is 1. The molecule has 0 spiro atoms. The standard InChI is InChI=1S/C28H45NO3/c1-18(7-12-26(31)29(5)6)23-10-11-24-22-9-8-20-17-21(32-19(2)30)13-15-27(20,3)25(22)14-16-28(23,24)4/h8,18,21-25H,7,9-17H2,1-6H3/t18-,21+,22+,23-,24+,25+,27+,28-/m1/s1. The lowest BCUT2D eigenvalue weighted by molar-refractivity contribution is -0.148. The van der Waals surface area contributed by atoms with E-state index in [2.05, 4.69) is 26.8 Å². The average molecular weight is 444 g/mol. The first-order valence-electron chi connectivity index (χ1n) is 13.1. The van der Waals surface area contributed by atoms with E-state index in [1.54, 1.807) is 10.5 Å². The number of amides is 1. The Balaban J connectivity index is 1.47. The first-order valence-corrected chi connectivity index (χ1v) is 13.1. The van der Waals surface area contributed by atoms with Crippen molar-refractivity contribution in [2.24, 2.45) is 40.4 Å². The average Bonchev–Trinajstić information content (AvgIpc) is 3.08. The minimum atomic E-state index is -0.139. The molecule has 0 aliphatic heterocycles. The maximum Gasteiger partial charge on any atom is 0.302 e. The Bertz CT molecular complexity index is 773. The molecule has 8 atom stereocenters. The van der Waals surface area contributed by atoms with Crippen LogP contribution in [0, 0.1) is 40.4 Å². The smallest absolute Gasteiger partial charge is 0.302 e. The van der Waals surface area contributed by atoms with Crippen LogP contribution < -0.4 is 0 Å². The second-order valence-electron chi connectivity index (χ2n) is 12.3. The number of carbonyl (C=O) groups excluding carboxylic acids is 2. The van der Waals surface area contributed by atoms with Crippen LogP contribution in [0.5, 0.6) is 0 Å². The molecule has 4 aliphatic carbocycles. The summed E-state index contributed by atoms with van der Waals surface area (Å²) in [7, 11) is 3.73. The summed E-state index contributed by atoms with van der Waals surface area (Å²) in [6.45, 7) is 9.05. The quantitative estimate of drug-likeness (QED) is 0.387. The number of carbonyl (C=O) groups is 2. The fourth-order valence-corrected chi connectivity index (χ4v) is 8.71. The lowest BCUT2D eigenvalue weighted by atomic mass is 9.47. The lowest BCUT2D eigenvalue weighted by Crippen LogP contribution is -2.51. The molecule has 4 aliphatic rings. The van der Waals surface area contributed by atoms with Crippen LogP contribution in [0.15, 0.2) is 11.6 Å². The topological polar surface area (TPSA) is 46.6 Å². The Labute approximate surface area is 195 Å². The molecule has 0 N–H and O–H groups in total. The highest BCUT2D eigenvalue weighted by Gasteiger charge is 2.59. The lowest BCUT2D eigenvalue weighted by Gasteiger charge is -2.58. The third kappa shape index (κ3) is 4.05. The number of esters is 1. The van der Waals surface area contributed by atoms with E-state index in [-0.39, 0.29) is 18.0 Å². The van der Waals surface area contributed by atoms with Crippen molar-refractivity contribution in [3.8, 4) is 0 Å². The maximum absolute atomic E-state index is 12.2. The van der Waals surface area contributed by atoms with Crippen LogP contribution in [0.1, 0.15) is 91.9 Å². The molecule has 0 unspecified atom stereocenters. The van der Waals surface area contributed by atoms with Gasteiger partial charge in [0, 0.05) is 33.9 Å². The molecule has 0 saturated heterocycles. The molecule has 180 valence electrons. The normalized spacial score (nSPS) is 41.6. The summed E-state index contributed by atoms with van der Waals surface area (Å²) >= 11 is 0. The van der Waals surface area contributed by atoms with Crippen LogP contribution in [0.25, 0.3) is 0 Å². The first-order chi connectivity index (χ1) is 15.1. The molecule has 0 aromatic rings. The zero-order valence-electron chi connectivity index (χ0n) is 21.3. The third-order valence-electron chi connectivity index (χ3n) is 10.5. The van der Waals surface area contributed by atoms with E-state index in [9.17, 15) is 9.59 Å². The molecule has 4 heteroatoms. The van der Waals surface area contributed by atoms with Crippen molar-refractivity contribution in [2.75, 3.05) is 14.1 Å². The predicted molar refractivity (Wildman–Crippen MR) is 128 cm³/mol. The molecule has 0 bridgehead atoms. The van der Waals surface area contributed by atoms with Gasteiger partial charge in [-0.3, -0.25) is 9.59 Å². The minimum absolute atomic E-state index is 0.0822. The molecule has 4 rings (SSSR count). The Morgan fingerprint density at radius 1 is 1.12 bits per heavy atom. The molecule has 32 heavy (non-hydrogen) atoms. The van der Waals surface area contributed by atoms with Crippen LogP contribution in [0.4, 0.5) is 0 Å². The molecule has 0 heterocycles. The number of hydrogen-bond donors (Lipinski definition) is 0. The number of rotatable bonds is 5. The van der Waals surface area contributed by atoms with Gasteiger partial charge in [-0.25, -0.2) is 0 Å². The third-order valence-corrected chi connectivity index (χ3v) is 10.5. The largest absolute Gasteiger partial charge is 0.462 e. The zero-order valence-corrected chi connectivity index (χ0v) is 21.3. The zero-order chi connectivity index (χ0) is 23.3. The van der Waals surface area contributed by atoms with Crippen LogP contribution in [0.2, 0.25) is 0 Å². The van der Waals surface area contributed by atoms with Gasteiger partial charge in [0.2, 0.25) is 5.91 Å². The molecule has 0 aromatic carbocycles. The van der Waals surface area contributed by atoms with Crippen molar-refractivity contribution in [3.05, 3.63) is 11.6 Å². The Kier molecular flexibility index (Phi) is 6.55. The molecule has 1 amide bonds. The van der Waals surface area contributed by atoms with E-state index in [4.69, 9.17) is 4.74 Å². The molecular weight excluding hydrogens is 398 g/mol. The molecule has 3 saturated carbocycles. The Hall–Kier alpha value is -1.32. The van der Waals surface area contributed by atoms with Gasteiger partial charge in [0.1, 0.15) is 6.10 Å². The van der Waals surface area contributed by atoms with Crippen LogP contribution in [0.3, 0.4) is 0 Å². The van der Waals surface area contributed by atoms with Gasteiger partial charge in [-0.1, -0.05) is 32.4 Å². The summed E-state index contributed by atoms with van der Waals surface area (Å²) < 4.78 is 5.59. The number of allylic oxidation sites excluding steroid dienone is 1. The van der Waals surface area contributed by atoms with Crippen LogP contribution in [-0.4, -0.2) is 37.0 Å². The summed E-state index contributed by atoms with van der Waals surface area (Å²) in [6.07, 6.45) is 14.1. The summed E-state index contributed by atoms with van der Waals surface area (Å²) in [5, 5.41) is 0. The highest BCUT2D eigenvalue weighted by molar-refractivity contribution is 5.75. The van der Waals surface area contributed by atoms with Gasteiger partial charge >= 0.3 is 5.97 Å². The minimum Gasteiger partial charge on any atom is -0.462 e. The van der Waals surface area contributed by atoms with Crippen molar-refractivity contribution in [1.29, 1.82) is 0 Å². The van der Waals surface area contributed by atoms with Crippen molar-refractivity contribution in [2.45, 2.75) is 98.0 Å². The van der Waals surface area contributed by atoms with E-state index < -0.39 is 0 Å². The summed E-state index contributed by atoms with van der Waals surface area (Å²) in [5.41, 5.74) is 2.30. The van der Waals surface area contributed by atoms with E-state index in [1.807, 2.05) is 14.1 Å². The monoisotopic (exact) mass is 443 g/mol. The van der Waals surface area contributed by atoms with Crippen molar-refractivity contribution in [3.63, 3.8) is 0 Å². The highest BCUT2D eigenvalue weighted by Crippen LogP contribution is 2.67. The van der Waals surface area contributed by atoms with Gasteiger partial charge in [-0.15, -0.1) is 0 Å². The molecular formula is C28H45NO3. The van der Waals surface area contributed by atoms with Gasteiger partial charge in [-0.2, -0.15) is 0 Å². The summed E-state index contributed by atoms with van der Waals surface area (Å²) in [4.78, 5) is 25.4. The predicted octanol–water partition coefficient (Wildman–Crippen LogP) is 6.00. The summed E-state index contributed by atoms with van der Waals surface area (Å²) in [6, 6.07) is 0. The van der Waals surface area contributed by atoms with Crippen LogP contribution >= 0.6 is 0 Å². The highest BCUT2D eigenvalue weighted by atomic mass is 16.5. The van der Waals surface area contributed by atoms with Gasteiger partial charge in [-0.05, 0) is 91.8 Å². The molecule has 0 radical (unpaired) electrons. The fourth-order valence-electron chi connectivity index (χ4n) is 8.71. The SMILES string of the molecule is CC(=O)O[C@H]1CC[C@@]2(C)C(=CC[C@H]3[C@@H]4CC[C@H]([C@H](C)CCC(=O)N(C)C)[C@@]4(C)CC[C@@H]32)C1. The van der Waals surface area contributed by atoms with E-state index in [1.165, 1.54) is 39.0 Å². The van der Waals surface area contributed by atoms with Gasteiger partial charge in [0.25, 0.3) is 0 Å². The van der Waals surface area contributed by atoms with E-state index >= 15 is 0 Å². The number of fused-ring (bicyclic) bond motifs is 5. The van der Waals surface area contributed by atoms with Gasteiger partial charge in [0.15, 0.2) is 0 Å². The van der Waals surface area contributed by atoms with Crippen molar-refractivity contribution < 1.29 is 14.3 Å². The fraction of sp³-hybridized carbons (Fsp3) is 0.857. The maximum atomic E-state index is 12.2. The van der Waals surface area contributed by atoms with E-state index in [0.717, 1.165) is 49.4 Å². The Morgan fingerprint density at radius 3 is 2.56 bits per heavy atom. The van der Waals surface area contributed by atoms with E-state index in [0.29, 0.717) is 23.2 Å². The first kappa shape index (κ1) is 23.8. The van der Waals surface area contributed by atoms with Gasteiger partial charge < -0.3 is 9.64 Å². The van der Waals surface area contributed by atoms with Crippen molar-refractivity contribution >= 4 is 11.9 Å². The summed E-state index contributed by atoms with van der Waals surface area (Å²) in [5.74, 6) is 3.90. The molecule has 3 fully saturated rings. The van der Waals surface area contributed by atoms with Crippen LogP contribution in [-0.2, 0) is 14.3 Å². The second-order valence-corrected chi connectivity index (χ2v) is 12.3. The Morgan fingerprint density at radius 2 is 1.88 bits per heavy atom. The number of hydrogen-bond acceptors (Lipinski definition) is 3. The second kappa shape index (κ2) is 8.80.